The highest BCUT2D eigenvalue weighted by molar-refractivity contribution is 14.0. The Kier molecular flexibility index (Phi) is 10.0. The molecule has 30 heavy (non-hydrogen) atoms. The highest BCUT2D eigenvalue weighted by atomic mass is 127. The van der Waals surface area contributed by atoms with Gasteiger partial charge in [-0.05, 0) is 57.4 Å². The van der Waals surface area contributed by atoms with Crippen molar-refractivity contribution < 1.29 is 4.39 Å². The van der Waals surface area contributed by atoms with E-state index >= 15 is 0 Å². The van der Waals surface area contributed by atoms with Gasteiger partial charge in [-0.25, -0.2) is 9.37 Å². The number of hydrogen-bond donors (Lipinski definition) is 2. The summed E-state index contributed by atoms with van der Waals surface area (Å²) in [7, 11) is 1.76. The molecule has 0 aliphatic carbocycles. The van der Waals surface area contributed by atoms with E-state index in [1.54, 1.807) is 36.1 Å². The van der Waals surface area contributed by atoms with Crippen molar-refractivity contribution in [3.8, 4) is 5.69 Å². The molecule has 1 unspecified atom stereocenters. The van der Waals surface area contributed by atoms with Crippen molar-refractivity contribution in [1.82, 2.24) is 25.1 Å². The number of piperidine rings is 1. The van der Waals surface area contributed by atoms with Gasteiger partial charge in [0, 0.05) is 45.1 Å². The zero-order valence-corrected chi connectivity index (χ0v) is 20.5. The summed E-state index contributed by atoms with van der Waals surface area (Å²) < 4.78 is 16.3. The molecule has 1 aliphatic rings. The zero-order chi connectivity index (χ0) is 20.6. The SMILES string of the molecule is CN=C(NCCCN1CCCCC1C)NCc1ccc(-n2ccnc2C)c(F)c1.I. The van der Waals surface area contributed by atoms with Gasteiger partial charge in [0.15, 0.2) is 5.96 Å². The van der Waals surface area contributed by atoms with E-state index in [0.29, 0.717) is 18.3 Å². The largest absolute Gasteiger partial charge is 0.356 e. The van der Waals surface area contributed by atoms with Gasteiger partial charge >= 0.3 is 0 Å². The molecule has 0 spiro atoms. The van der Waals surface area contributed by atoms with Crippen LogP contribution in [0.3, 0.4) is 0 Å². The van der Waals surface area contributed by atoms with Crippen molar-refractivity contribution in [3.05, 3.63) is 47.8 Å². The maximum absolute atomic E-state index is 14.5. The Labute approximate surface area is 196 Å². The van der Waals surface area contributed by atoms with Gasteiger partial charge in [0.1, 0.15) is 11.6 Å². The molecule has 1 aromatic heterocycles. The minimum atomic E-state index is -0.260. The number of likely N-dealkylation sites (tertiary alicyclic amines) is 1. The number of rotatable bonds is 7. The van der Waals surface area contributed by atoms with Crippen LogP contribution < -0.4 is 10.6 Å². The lowest BCUT2D eigenvalue weighted by atomic mass is 10.0. The molecular weight excluding hydrogens is 494 g/mol. The molecule has 1 aliphatic heterocycles. The molecule has 1 fully saturated rings. The first-order valence-electron chi connectivity index (χ1n) is 10.6. The summed E-state index contributed by atoms with van der Waals surface area (Å²) in [5.41, 5.74) is 1.38. The summed E-state index contributed by atoms with van der Waals surface area (Å²) in [6.07, 6.45) is 8.51. The lowest BCUT2D eigenvalue weighted by Crippen LogP contribution is -2.41. The number of benzene rings is 1. The first-order valence-corrected chi connectivity index (χ1v) is 10.6. The number of hydrogen-bond acceptors (Lipinski definition) is 3. The van der Waals surface area contributed by atoms with Crippen LogP contribution in [-0.2, 0) is 6.54 Å². The molecular formula is C22H34FIN6. The van der Waals surface area contributed by atoms with Gasteiger partial charge < -0.3 is 20.1 Å². The number of aromatic nitrogens is 2. The standard InChI is InChI=1S/C22H33FN6.HI/c1-17-7-4-5-12-28(17)13-6-10-26-22(24-3)27-16-19-8-9-21(20(23)15-19)29-14-11-25-18(29)2;/h8-9,11,14-15,17H,4-7,10,12-13,16H2,1-3H3,(H2,24,26,27);1H. The molecule has 1 saturated heterocycles. The van der Waals surface area contributed by atoms with Gasteiger partial charge in [-0.2, -0.15) is 0 Å². The summed E-state index contributed by atoms with van der Waals surface area (Å²) in [5.74, 6) is 1.24. The topological polar surface area (TPSA) is 57.5 Å². The maximum Gasteiger partial charge on any atom is 0.191 e. The van der Waals surface area contributed by atoms with Crippen molar-refractivity contribution in [3.63, 3.8) is 0 Å². The Balaban J connectivity index is 0.00000320. The summed E-state index contributed by atoms with van der Waals surface area (Å²) in [6.45, 7) is 7.90. The van der Waals surface area contributed by atoms with Crippen molar-refractivity contribution in [2.24, 2.45) is 4.99 Å². The highest BCUT2D eigenvalue weighted by Gasteiger charge is 2.17. The summed E-state index contributed by atoms with van der Waals surface area (Å²) in [6, 6.07) is 5.98. The predicted octanol–water partition coefficient (Wildman–Crippen LogP) is 3.87. The van der Waals surface area contributed by atoms with Crippen molar-refractivity contribution in [1.29, 1.82) is 0 Å². The van der Waals surface area contributed by atoms with Crippen LogP contribution in [0.2, 0.25) is 0 Å². The van der Waals surface area contributed by atoms with E-state index in [9.17, 15) is 4.39 Å². The Hall–Kier alpha value is -1.68. The van der Waals surface area contributed by atoms with E-state index in [1.807, 2.05) is 13.0 Å². The molecule has 1 aromatic carbocycles. The molecule has 2 heterocycles. The van der Waals surface area contributed by atoms with Gasteiger partial charge in [0.25, 0.3) is 0 Å². The second kappa shape index (κ2) is 12.2. The van der Waals surface area contributed by atoms with E-state index in [1.165, 1.54) is 25.8 Å². The predicted molar refractivity (Wildman–Crippen MR) is 131 cm³/mol. The van der Waals surface area contributed by atoms with Gasteiger partial charge in [-0.1, -0.05) is 12.5 Å². The monoisotopic (exact) mass is 528 g/mol. The van der Waals surface area contributed by atoms with Crippen LogP contribution in [0.1, 0.15) is 44.0 Å². The fourth-order valence-corrected chi connectivity index (χ4v) is 3.87. The third-order valence-corrected chi connectivity index (χ3v) is 5.64. The first kappa shape index (κ1) is 24.6. The van der Waals surface area contributed by atoms with Gasteiger partial charge in [0.2, 0.25) is 0 Å². The lowest BCUT2D eigenvalue weighted by Gasteiger charge is -2.33. The second-order valence-electron chi connectivity index (χ2n) is 7.72. The Morgan fingerprint density at radius 3 is 2.80 bits per heavy atom. The lowest BCUT2D eigenvalue weighted by molar-refractivity contribution is 0.159. The van der Waals surface area contributed by atoms with E-state index in [2.05, 4.69) is 32.4 Å². The number of halogens is 2. The van der Waals surface area contributed by atoms with Gasteiger partial charge in [-0.15, -0.1) is 24.0 Å². The summed E-state index contributed by atoms with van der Waals surface area (Å²) in [5, 5.41) is 6.62. The molecule has 166 valence electrons. The van der Waals surface area contributed by atoms with Crippen LogP contribution in [0.5, 0.6) is 0 Å². The smallest absolute Gasteiger partial charge is 0.191 e. The van der Waals surface area contributed by atoms with Crippen LogP contribution in [0, 0.1) is 12.7 Å². The number of nitrogens with one attached hydrogen (secondary N) is 2. The van der Waals surface area contributed by atoms with Crippen molar-refractivity contribution >= 4 is 29.9 Å². The van der Waals surface area contributed by atoms with Gasteiger partial charge in [-0.3, -0.25) is 4.99 Å². The zero-order valence-electron chi connectivity index (χ0n) is 18.2. The Morgan fingerprint density at radius 1 is 1.30 bits per heavy atom. The molecule has 0 radical (unpaired) electrons. The first-order chi connectivity index (χ1) is 14.1. The van der Waals surface area contributed by atoms with Crippen molar-refractivity contribution in [2.75, 3.05) is 26.7 Å². The molecule has 8 heteroatoms. The Morgan fingerprint density at radius 2 is 2.13 bits per heavy atom. The molecule has 0 saturated carbocycles. The highest BCUT2D eigenvalue weighted by Crippen LogP contribution is 2.17. The average Bonchev–Trinajstić information content (AvgIpc) is 3.14. The van der Waals surface area contributed by atoms with Crippen LogP contribution in [0.15, 0.2) is 35.6 Å². The minimum Gasteiger partial charge on any atom is -0.356 e. The van der Waals surface area contributed by atoms with E-state index in [4.69, 9.17) is 0 Å². The average molecular weight is 528 g/mol. The molecule has 2 N–H and O–H groups in total. The van der Waals surface area contributed by atoms with Gasteiger partial charge in [0.05, 0.1) is 5.69 Å². The minimum absolute atomic E-state index is 0. The molecule has 0 bridgehead atoms. The normalized spacial score (nSPS) is 17.5. The molecule has 1 atom stereocenters. The van der Waals surface area contributed by atoms with E-state index in [0.717, 1.165) is 36.9 Å². The van der Waals surface area contributed by atoms with Crippen LogP contribution in [-0.4, -0.2) is 53.1 Å². The third-order valence-electron chi connectivity index (χ3n) is 5.64. The van der Waals surface area contributed by atoms with Crippen LogP contribution in [0.4, 0.5) is 4.39 Å². The number of guanidine groups is 1. The van der Waals surface area contributed by atoms with Crippen LogP contribution >= 0.6 is 24.0 Å². The quantitative estimate of drug-likeness (QED) is 0.248. The Bertz CT molecular complexity index is 822. The van der Waals surface area contributed by atoms with E-state index in [-0.39, 0.29) is 29.8 Å². The number of aliphatic imine (C=N–C) groups is 1. The van der Waals surface area contributed by atoms with Crippen LogP contribution in [0.25, 0.3) is 5.69 Å². The fraction of sp³-hybridized carbons (Fsp3) is 0.545. The van der Waals surface area contributed by atoms with Crippen molar-refractivity contribution in [2.45, 2.75) is 52.1 Å². The third kappa shape index (κ3) is 6.66. The molecule has 2 aromatic rings. The fourth-order valence-electron chi connectivity index (χ4n) is 3.87. The molecule has 3 rings (SSSR count). The summed E-state index contributed by atoms with van der Waals surface area (Å²) in [4.78, 5) is 11.0. The number of imidazole rings is 1. The molecule has 6 nitrogen and oxygen atoms in total. The maximum atomic E-state index is 14.5. The molecule has 0 amide bonds. The number of nitrogens with zero attached hydrogens (tertiary/aromatic N) is 4. The summed E-state index contributed by atoms with van der Waals surface area (Å²) >= 11 is 0. The second-order valence-corrected chi connectivity index (χ2v) is 7.72. The van der Waals surface area contributed by atoms with E-state index < -0.39 is 0 Å². The number of aryl methyl sites for hydroxylation is 1.